The quantitative estimate of drug-likeness (QED) is 0.576. The molecule has 0 unspecified atom stereocenters. The average molecular weight is 409 g/mol. The van der Waals surface area contributed by atoms with Crippen LogP contribution in [-0.4, -0.2) is 17.1 Å². The van der Waals surface area contributed by atoms with Gasteiger partial charge in [0.25, 0.3) is 5.91 Å². The number of anilines is 1. The molecule has 1 aliphatic rings. The Balaban J connectivity index is 1.59. The molecular weight excluding hydrogens is 384 g/mol. The number of furan rings is 1. The Kier molecular flexibility index (Phi) is 5.90. The van der Waals surface area contributed by atoms with Gasteiger partial charge in [-0.05, 0) is 37.1 Å². The van der Waals surface area contributed by atoms with Crippen molar-refractivity contribution in [3.05, 3.63) is 65.4 Å². The number of rotatable bonds is 6. The summed E-state index contributed by atoms with van der Waals surface area (Å²) in [6.07, 6.45) is 6.37. The second-order valence-electron chi connectivity index (χ2n) is 7.38. The van der Waals surface area contributed by atoms with Gasteiger partial charge in [0, 0.05) is 33.2 Å². The smallest absolute Gasteiger partial charge is 0.291 e. The van der Waals surface area contributed by atoms with E-state index in [0.717, 1.165) is 16.7 Å². The van der Waals surface area contributed by atoms with E-state index >= 15 is 0 Å². The van der Waals surface area contributed by atoms with E-state index in [9.17, 15) is 9.59 Å². The normalized spacial score (nSPS) is 14.8. The molecule has 4 rings (SSSR count). The minimum absolute atomic E-state index is 0.318. The lowest BCUT2D eigenvalue weighted by Crippen LogP contribution is -2.15. The number of thioether (sulfide) groups is 1. The van der Waals surface area contributed by atoms with Crippen molar-refractivity contribution in [2.45, 2.75) is 43.1 Å². The summed E-state index contributed by atoms with van der Waals surface area (Å²) in [6.45, 7) is 0. The van der Waals surface area contributed by atoms with Crippen LogP contribution in [0.25, 0.3) is 11.0 Å². The maximum Gasteiger partial charge on any atom is 0.291 e. The minimum Gasteiger partial charge on any atom is -0.451 e. The van der Waals surface area contributed by atoms with Gasteiger partial charge in [0.2, 0.25) is 5.91 Å². The zero-order valence-corrected chi connectivity index (χ0v) is 17.0. The third kappa shape index (κ3) is 4.48. The maximum absolute atomic E-state index is 13.0. The van der Waals surface area contributed by atoms with Crippen molar-refractivity contribution in [3.8, 4) is 0 Å². The monoisotopic (exact) mass is 408 g/mol. The highest BCUT2D eigenvalue weighted by Gasteiger charge is 2.23. The zero-order valence-electron chi connectivity index (χ0n) is 16.1. The predicted octanol–water partition coefficient (Wildman–Crippen LogP) is 5.35. The van der Waals surface area contributed by atoms with Crippen LogP contribution in [0.15, 0.2) is 52.9 Å². The Bertz CT molecular complexity index is 1040. The van der Waals surface area contributed by atoms with Gasteiger partial charge >= 0.3 is 0 Å². The standard InChI is InChI=1S/C23H24N2O3S/c24-22(26)15-7-6-8-16(13-15)25-23(27)21-19(14-29-17-9-2-1-3-10-17)18-11-4-5-12-20(18)28-21/h4-8,11-13,17H,1-3,9-10,14H2,(H2,24,26)(H,25,27). The Morgan fingerprint density at radius 2 is 1.86 bits per heavy atom. The van der Waals surface area contributed by atoms with E-state index in [1.54, 1.807) is 24.3 Å². The highest BCUT2D eigenvalue weighted by atomic mass is 32.2. The summed E-state index contributed by atoms with van der Waals surface area (Å²) in [5.41, 5.74) is 7.84. The molecule has 0 aliphatic heterocycles. The van der Waals surface area contributed by atoms with Gasteiger partial charge in [0.15, 0.2) is 5.76 Å². The Hall–Kier alpha value is -2.73. The zero-order chi connectivity index (χ0) is 20.2. The van der Waals surface area contributed by atoms with E-state index in [1.165, 1.54) is 32.1 Å². The van der Waals surface area contributed by atoms with E-state index in [-0.39, 0.29) is 5.91 Å². The van der Waals surface area contributed by atoms with Crippen LogP contribution < -0.4 is 11.1 Å². The molecule has 29 heavy (non-hydrogen) atoms. The van der Waals surface area contributed by atoms with Gasteiger partial charge in [0.05, 0.1) is 0 Å². The summed E-state index contributed by atoms with van der Waals surface area (Å²) in [7, 11) is 0. The molecule has 2 amide bonds. The molecule has 1 saturated carbocycles. The fourth-order valence-electron chi connectivity index (χ4n) is 3.80. The minimum atomic E-state index is -0.533. The molecule has 150 valence electrons. The van der Waals surface area contributed by atoms with Crippen LogP contribution >= 0.6 is 11.8 Å². The highest BCUT2D eigenvalue weighted by Crippen LogP contribution is 2.35. The average Bonchev–Trinajstić information content (AvgIpc) is 3.12. The van der Waals surface area contributed by atoms with Crippen molar-refractivity contribution >= 4 is 40.2 Å². The van der Waals surface area contributed by atoms with Crippen LogP contribution in [0.4, 0.5) is 5.69 Å². The van der Waals surface area contributed by atoms with Crippen molar-refractivity contribution < 1.29 is 14.0 Å². The molecule has 1 aromatic heterocycles. The maximum atomic E-state index is 13.0. The molecule has 0 atom stereocenters. The summed E-state index contributed by atoms with van der Waals surface area (Å²) in [5, 5.41) is 4.46. The third-order valence-corrected chi connectivity index (χ3v) is 6.72. The molecule has 6 heteroatoms. The van der Waals surface area contributed by atoms with Crippen molar-refractivity contribution in [2.75, 3.05) is 5.32 Å². The number of para-hydroxylation sites is 1. The summed E-state index contributed by atoms with van der Waals surface area (Å²) in [4.78, 5) is 24.4. The molecule has 3 N–H and O–H groups in total. The Morgan fingerprint density at radius 3 is 2.66 bits per heavy atom. The molecule has 0 radical (unpaired) electrons. The molecule has 0 bridgehead atoms. The van der Waals surface area contributed by atoms with Gasteiger partial charge in [-0.1, -0.05) is 43.5 Å². The first kappa shape index (κ1) is 19.6. The van der Waals surface area contributed by atoms with Crippen molar-refractivity contribution in [2.24, 2.45) is 5.73 Å². The van der Waals surface area contributed by atoms with E-state index in [2.05, 4.69) is 5.32 Å². The lowest BCUT2D eigenvalue weighted by atomic mass is 10.0. The number of benzene rings is 2. The number of carbonyl (C=O) groups is 2. The lowest BCUT2D eigenvalue weighted by Gasteiger charge is -2.20. The second kappa shape index (κ2) is 8.74. The lowest BCUT2D eigenvalue weighted by molar-refractivity contribution is 0.0989. The Morgan fingerprint density at radius 1 is 1.07 bits per heavy atom. The molecule has 0 saturated heterocycles. The number of carbonyl (C=O) groups excluding carboxylic acids is 2. The first-order chi connectivity index (χ1) is 14.1. The topological polar surface area (TPSA) is 85.3 Å². The van der Waals surface area contributed by atoms with Gasteiger partial charge in [0.1, 0.15) is 5.58 Å². The first-order valence-electron chi connectivity index (χ1n) is 9.95. The first-order valence-corrected chi connectivity index (χ1v) is 11.0. The Labute approximate surface area is 174 Å². The van der Waals surface area contributed by atoms with Crippen LogP contribution in [-0.2, 0) is 5.75 Å². The van der Waals surface area contributed by atoms with Gasteiger partial charge in [-0.3, -0.25) is 9.59 Å². The van der Waals surface area contributed by atoms with Gasteiger partial charge in [-0.25, -0.2) is 0 Å². The van der Waals surface area contributed by atoms with E-state index < -0.39 is 5.91 Å². The van der Waals surface area contributed by atoms with Crippen LogP contribution in [0.3, 0.4) is 0 Å². The fraction of sp³-hybridized carbons (Fsp3) is 0.304. The number of hydrogen-bond donors (Lipinski definition) is 2. The molecule has 1 fully saturated rings. The predicted molar refractivity (Wildman–Crippen MR) is 117 cm³/mol. The van der Waals surface area contributed by atoms with E-state index in [0.29, 0.717) is 27.8 Å². The van der Waals surface area contributed by atoms with Crippen LogP contribution in [0.1, 0.15) is 58.6 Å². The van der Waals surface area contributed by atoms with Gasteiger partial charge in [-0.15, -0.1) is 0 Å². The van der Waals surface area contributed by atoms with Crippen molar-refractivity contribution in [1.29, 1.82) is 0 Å². The number of primary amides is 1. The molecule has 1 aliphatic carbocycles. The second-order valence-corrected chi connectivity index (χ2v) is 8.66. The fourth-order valence-corrected chi connectivity index (χ4v) is 5.15. The van der Waals surface area contributed by atoms with Crippen molar-refractivity contribution in [1.82, 2.24) is 0 Å². The van der Waals surface area contributed by atoms with E-state index in [1.807, 2.05) is 36.0 Å². The van der Waals surface area contributed by atoms with Crippen LogP contribution in [0, 0.1) is 0 Å². The molecule has 2 aromatic carbocycles. The van der Waals surface area contributed by atoms with Gasteiger partial charge < -0.3 is 15.5 Å². The molecular formula is C23H24N2O3S. The number of nitrogens with one attached hydrogen (secondary N) is 1. The van der Waals surface area contributed by atoms with Gasteiger partial charge in [-0.2, -0.15) is 11.8 Å². The molecule has 3 aromatic rings. The summed E-state index contributed by atoms with van der Waals surface area (Å²) >= 11 is 1.91. The summed E-state index contributed by atoms with van der Waals surface area (Å²) in [6, 6.07) is 14.4. The highest BCUT2D eigenvalue weighted by molar-refractivity contribution is 7.99. The SMILES string of the molecule is NC(=O)c1cccc(NC(=O)c2oc3ccccc3c2CSC2CCCCC2)c1. The number of fused-ring (bicyclic) bond motifs is 1. The van der Waals surface area contributed by atoms with Crippen molar-refractivity contribution in [3.63, 3.8) is 0 Å². The molecule has 0 spiro atoms. The number of nitrogens with two attached hydrogens (primary N) is 1. The third-order valence-electron chi connectivity index (χ3n) is 5.33. The number of hydrogen-bond acceptors (Lipinski definition) is 4. The van der Waals surface area contributed by atoms with Crippen LogP contribution in [0.2, 0.25) is 0 Å². The van der Waals surface area contributed by atoms with E-state index in [4.69, 9.17) is 10.2 Å². The largest absolute Gasteiger partial charge is 0.451 e. The summed E-state index contributed by atoms with van der Waals surface area (Å²) in [5.74, 6) is 0.224. The number of amides is 2. The molecule has 1 heterocycles. The molecule has 5 nitrogen and oxygen atoms in total. The van der Waals surface area contributed by atoms with Crippen LogP contribution in [0.5, 0.6) is 0 Å². The summed E-state index contributed by atoms with van der Waals surface area (Å²) < 4.78 is 5.93.